The number of para-hydroxylation sites is 1. The van der Waals surface area contributed by atoms with Crippen LogP contribution in [0.2, 0.25) is 0 Å². The van der Waals surface area contributed by atoms with Crippen molar-refractivity contribution in [3.05, 3.63) is 60.9 Å². The van der Waals surface area contributed by atoms with Gasteiger partial charge >= 0.3 is 0 Å². The Hall–Kier alpha value is -3.74. The summed E-state index contributed by atoms with van der Waals surface area (Å²) in [4.78, 5) is 19.8. The second-order valence-corrected chi connectivity index (χ2v) is 8.48. The maximum Gasteiger partial charge on any atom is 0.164 e. The minimum Gasteiger partial charge on any atom is -0.457 e. The zero-order valence-electron chi connectivity index (χ0n) is 19.9. The van der Waals surface area contributed by atoms with E-state index in [4.69, 9.17) is 15.6 Å². The summed E-state index contributed by atoms with van der Waals surface area (Å²) < 4.78 is 7.87. The van der Waals surface area contributed by atoms with Crippen molar-refractivity contribution in [3.63, 3.8) is 0 Å². The summed E-state index contributed by atoms with van der Waals surface area (Å²) in [6, 6.07) is 17.6. The number of carbonyl (C=O) groups is 1. The number of aromatic nitrogens is 4. The van der Waals surface area contributed by atoms with Crippen LogP contribution >= 0.6 is 0 Å². The van der Waals surface area contributed by atoms with E-state index in [0.29, 0.717) is 12.2 Å². The Kier molecular flexibility index (Phi) is 6.91. The van der Waals surface area contributed by atoms with Crippen LogP contribution in [0.15, 0.2) is 60.9 Å². The van der Waals surface area contributed by atoms with Gasteiger partial charge in [-0.2, -0.15) is 5.10 Å². The normalized spacial score (nSPS) is 19.1. The molecule has 2 heterocycles. The standard InChI is InChI=1S/C25H25N5O2.C2H6/c1-2-25(12-13-31)14-18(15-25)30-24-21(23(26)27-16-28-24)22(29-30)17-8-10-20(11-9-17)32-19-6-4-3-5-7-19;1-2/h3-11,13,16,18H,2,12,14-15H2,1H3,(H2,26,27,28);1-2H3. The topological polar surface area (TPSA) is 95.9 Å². The molecule has 0 unspecified atom stereocenters. The largest absolute Gasteiger partial charge is 0.457 e. The molecule has 5 rings (SSSR count). The molecule has 7 heteroatoms. The minimum absolute atomic E-state index is 0.0693. The van der Waals surface area contributed by atoms with Gasteiger partial charge in [0, 0.05) is 12.0 Å². The number of nitrogens with two attached hydrogens (primary N) is 1. The first-order valence-corrected chi connectivity index (χ1v) is 11.9. The number of anilines is 1. The van der Waals surface area contributed by atoms with Gasteiger partial charge in [0.25, 0.3) is 0 Å². The Morgan fingerprint density at radius 3 is 2.38 bits per heavy atom. The van der Waals surface area contributed by atoms with Gasteiger partial charge in [-0.25, -0.2) is 14.6 Å². The number of aldehydes is 1. The van der Waals surface area contributed by atoms with Crippen LogP contribution in [0.1, 0.15) is 52.5 Å². The first-order valence-electron chi connectivity index (χ1n) is 11.9. The van der Waals surface area contributed by atoms with Crippen molar-refractivity contribution in [3.8, 4) is 22.8 Å². The highest BCUT2D eigenvalue weighted by Gasteiger charge is 2.44. The Morgan fingerprint density at radius 2 is 1.74 bits per heavy atom. The molecule has 0 spiro atoms. The lowest BCUT2D eigenvalue weighted by Crippen LogP contribution is -2.39. The quantitative estimate of drug-likeness (QED) is 0.331. The van der Waals surface area contributed by atoms with Crippen LogP contribution in [-0.4, -0.2) is 26.0 Å². The number of carbonyl (C=O) groups excluding carboxylic acids is 1. The number of rotatable bonds is 7. The van der Waals surface area contributed by atoms with Crippen molar-refractivity contribution in [1.29, 1.82) is 0 Å². The van der Waals surface area contributed by atoms with E-state index >= 15 is 0 Å². The second kappa shape index (κ2) is 10.0. The predicted molar refractivity (Wildman–Crippen MR) is 135 cm³/mol. The molecule has 7 nitrogen and oxygen atoms in total. The van der Waals surface area contributed by atoms with Crippen molar-refractivity contribution >= 4 is 23.1 Å². The van der Waals surface area contributed by atoms with Crippen LogP contribution in [0.25, 0.3) is 22.3 Å². The number of hydrogen-bond donors (Lipinski definition) is 1. The first-order chi connectivity index (χ1) is 16.6. The van der Waals surface area contributed by atoms with Gasteiger partial charge in [-0.1, -0.05) is 39.0 Å². The number of nitrogen functional groups attached to an aromatic ring is 1. The highest BCUT2D eigenvalue weighted by Crippen LogP contribution is 2.53. The monoisotopic (exact) mass is 457 g/mol. The molecule has 1 aliphatic rings. The number of ether oxygens (including phenoxy) is 1. The smallest absolute Gasteiger partial charge is 0.164 e. The molecule has 176 valence electrons. The lowest BCUT2D eigenvalue weighted by atomic mass is 9.62. The highest BCUT2D eigenvalue weighted by molar-refractivity contribution is 5.98. The van der Waals surface area contributed by atoms with Gasteiger partial charge in [0.05, 0.1) is 11.4 Å². The van der Waals surface area contributed by atoms with Crippen LogP contribution in [0.4, 0.5) is 5.82 Å². The zero-order valence-corrected chi connectivity index (χ0v) is 19.9. The third-order valence-electron chi connectivity index (χ3n) is 6.57. The van der Waals surface area contributed by atoms with Crippen molar-refractivity contribution in [2.24, 2.45) is 5.41 Å². The highest BCUT2D eigenvalue weighted by atomic mass is 16.5. The van der Waals surface area contributed by atoms with E-state index in [2.05, 4.69) is 16.9 Å². The van der Waals surface area contributed by atoms with E-state index in [0.717, 1.165) is 59.3 Å². The Balaban J connectivity index is 0.00000133. The predicted octanol–water partition coefficient (Wildman–Crippen LogP) is 6.21. The number of fused-ring (bicyclic) bond motifs is 1. The van der Waals surface area contributed by atoms with Crippen LogP contribution in [0, 0.1) is 5.41 Å². The van der Waals surface area contributed by atoms with Gasteiger partial charge in [-0.05, 0) is 61.1 Å². The molecular formula is C27H31N5O2. The summed E-state index contributed by atoms with van der Waals surface area (Å²) >= 11 is 0. The first kappa shape index (κ1) is 23.4. The molecule has 4 aromatic rings. The lowest BCUT2D eigenvalue weighted by molar-refractivity contribution is -0.112. The summed E-state index contributed by atoms with van der Waals surface area (Å²) in [5.74, 6) is 1.94. The summed E-state index contributed by atoms with van der Waals surface area (Å²) in [5.41, 5.74) is 8.73. The molecule has 0 atom stereocenters. The lowest BCUT2D eigenvalue weighted by Gasteiger charge is -2.46. The average molecular weight is 458 g/mol. The van der Waals surface area contributed by atoms with Gasteiger partial charge in [0.2, 0.25) is 0 Å². The van der Waals surface area contributed by atoms with Gasteiger partial charge in [0.15, 0.2) is 5.65 Å². The minimum atomic E-state index is 0.0693. The average Bonchev–Trinajstić information content (AvgIpc) is 3.24. The molecule has 0 saturated heterocycles. The molecule has 2 aromatic heterocycles. The zero-order chi connectivity index (χ0) is 24.1. The maximum atomic E-state index is 11.1. The maximum absolute atomic E-state index is 11.1. The number of nitrogens with zero attached hydrogens (tertiary/aromatic N) is 4. The van der Waals surface area contributed by atoms with Crippen molar-refractivity contribution < 1.29 is 9.53 Å². The molecule has 1 aliphatic carbocycles. The fourth-order valence-corrected chi connectivity index (χ4v) is 4.65. The fourth-order valence-electron chi connectivity index (χ4n) is 4.65. The van der Waals surface area contributed by atoms with Crippen LogP contribution in [-0.2, 0) is 4.79 Å². The number of benzene rings is 2. The van der Waals surface area contributed by atoms with Crippen LogP contribution in [0.3, 0.4) is 0 Å². The molecule has 1 saturated carbocycles. The van der Waals surface area contributed by atoms with Gasteiger partial charge in [-0.3, -0.25) is 0 Å². The summed E-state index contributed by atoms with van der Waals surface area (Å²) in [6.07, 6.45) is 5.90. The van der Waals surface area contributed by atoms with E-state index < -0.39 is 0 Å². The Labute approximate surface area is 200 Å². The molecule has 0 radical (unpaired) electrons. The third kappa shape index (κ3) is 4.38. The molecule has 34 heavy (non-hydrogen) atoms. The fraction of sp³-hybridized carbons (Fsp3) is 0.333. The van der Waals surface area contributed by atoms with Gasteiger partial charge in [-0.15, -0.1) is 0 Å². The number of hydrogen-bond acceptors (Lipinski definition) is 6. The summed E-state index contributed by atoms with van der Waals surface area (Å²) in [7, 11) is 0. The van der Waals surface area contributed by atoms with E-state index in [1.165, 1.54) is 6.33 Å². The van der Waals surface area contributed by atoms with Crippen molar-refractivity contribution in [1.82, 2.24) is 19.7 Å². The summed E-state index contributed by atoms with van der Waals surface area (Å²) in [6.45, 7) is 6.14. The van der Waals surface area contributed by atoms with E-state index in [9.17, 15) is 4.79 Å². The van der Waals surface area contributed by atoms with Crippen molar-refractivity contribution in [2.45, 2.75) is 52.5 Å². The van der Waals surface area contributed by atoms with Crippen LogP contribution in [0.5, 0.6) is 11.5 Å². The summed E-state index contributed by atoms with van der Waals surface area (Å²) in [5, 5.41) is 5.68. The van der Waals surface area contributed by atoms with Crippen molar-refractivity contribution in [2.75, 3.05) is 5.73 Å². The molecule has 0 amide bonds. The Morgan fingerprint density at radius 1 is 1.06 bits per heavy atom. The third-order valence-corrected chi connectivity index (χ3v) is 6.57. The van der Waals surface area contributed by atoms with Crippen LogP contribution < -0.4 is 10.5 Å². The molecule has 0 aliphatic heterocycles. The molecular weight excluding hydrogens is 426 g/mol. The SMILES string of the molecule is CC.CCC1(CC=O)CC(n2nc(-c3ccc(Oc4ccccc4)cc3)c3c(N)ncnc32)C1. The second-order valence-electron chi connectivity index (χ2n) is 8.48. The van der Waals surface area contributed by atoms with E-state index in [1.807, 2.05) is 73.1 Å². The van der Waals surface area contributed by atoms with Gasteiger partial charge < -0.3 is 15.3 Å². The van der Waals surface area contributed by atoms with Gasteiger partial charge in [0.1, 0.15) is 35.6 Å². The van der Waals surface area contributed by atoms with E-state index in [1.54, 1.807) is 0 Å². The molecule has 2 aromatic carbocycles. The molecule has 0 bridgehead atoms. The van der Waals surface area contributed by atoms with E-state index in [-0.39, 0.29) is 11.5 Å². The Bertz CT molecular complexity index is 1250. The molecule has 2 N–H and O–H groups in total. The molecule has 1 fully saturated rings.